The highest BCUT2D eigenvalue weighted by molar-refractivity contribution is 9.10. The van der Waals surface area contributed by atoms with Crippen LogP contribution in [0.1, 0.15) is 31.2 Å². The van der Waals surface area contributed by atoms with Crippen molar-refractivity contribution in [1.29, 1.82) is 0 Å². The molecule has 3 heteroatoms. The molecule has 1 aromatic carbocycles. The van der Waals surface area contributed by atoms with Gasteiger partial charge < -0.3 is 10.5 Å². The molecule has 2 atom stereocenters. The van der Waals surface area contributed by atoms with Crippen molar-refractivity contribution < 1.29 is 4.74 Å². The summed E-state index contributed by atoms with van der Waals surface area (Å²) in [6.45, 7) is 0. The van der Waals surface area contributed by atoms with Crippen LogP contribution in [0.2, 0.25) is 0 Å². The van der Waals surface area contributed by atoms with E-state index in [4.69, 9.17) is 10.5 Å². The summed E-state index contributed by atoms with van der Waals surface area (Å²) in [5, 5.41) is 0. The first-order chi connectivity index (χ1) is 8.19. The van der Waals surface area contributed by atoms with Crippen molar-refractivity contribution in [2.24, 2.45) is 11.7 Å². The lowest BCUT2D eigenvalue weighted by Crippen LogP contribution is -2.28. The van der Waals surface area contributed by atoms with Crippen LogP contribution in [0.15, 0.2) is 22.7 Å². The van der Waals surface area contributed by atoms with Gasteiger partial charge in [0, 0.05) is 10.5 Å². The largest absolute Gasteiger partial charge is 0.497 e. The third kappa shape index (κ3) is 3.46. The summed E-state index contributed by atoms with van der Waals surface area (Å²) < 4.78 is 6.45. The molecule has 2 unspecified atom stereocenters. The second kappa shape index (κ2) is 5.87. The van der Waals surface area contributed by atoms with Gasteiger partial charge in [-0.1, -0.05) is 28.8 Å². The van der Waals surface area contributed by atoms with E-state index in [-0.39, 0.29) is 0 Å². The summed E-state index contributed by atoms with van der Waals surface area (Å²) in [6.07, 6.45) is 6.02. The van der Waals surface area contributed by atoms with Crippen molar-refractivity contribution in [2.75, 3.05) is 7.11 Å². The number of halogens is 1. The highest BCUT2D eigenvalue weighted by Crippen LogP contribution is 2.30. The summed E-state index contributed by atoms with van der Waals surface area (Å²) in [5.41, 5.74) is 7.37. The molecule has 0 radical (unpaired) electrons. The Kier molecular flexibility index (Phi) is 4.46. The number of benzene rings is 1. The van der Waals surface area contributed by atoms with E-state index < -0.39 is 0 Å². The van der Waals surface area contributed by atoms with Gasteiger partial charge in [0.25, 0.3) is 0 Å². The fourth-order valence-corrected chi connectivity index (χ4v) is 3.07. The van der Waals surface area contributed by atoms with Gasteiger partial charge >= 0.3 is 0 Å². The first-order valence-electron chi connectivity index (χ1n) is 6.27. The average Bonchev–Trinajstić information content (AvgIpc) is 2.32. The molecule has 94 valence electrons. The standard InChI is InChI=1S/C14H20BrNO/c1-17-13-5-6-14(15)11(9-13)7-10-3-2-4-12(16)8-10/h5-6,9-10,12H,2-4,7-8,16H2,1H3. The van der Waals surface area contributed by atoms with E-state index in [1.807, 2.05) is 6.07 Å². The molecule has 0 bridgehead atoms. The molecule has 2 rings (SSSR count). The van der Waals surface area contributed by atoms with Crippen molar-refractivity contribution in [3.8, 4) is 5.75 Å². The van der Waals surface area contributed by atoms with E-state index in [0.29, 0.717) is 6.04 Å². The Morgan fingerprint density at radius 2 is 2.24 bits per heavy atom. The maximum atomic E-state index is 6.04. The van der Waals surface area contributed by atoms with Gasteiger partial charge in [-0.15, -0.1) is 0 Å². The second-order valence-electron chi connectivity index (χ2n) is 4.95. The molecule has 17 heavy (non-hydrogen) atoms. The van der Waals surface area contributed by atoms with Gasteiger partial charge in [-0.25, -0.2) is 0 Å². The lowest BCUT2D eigenvalue weighted by atomic mass is 9.82. The Balaban J connectivity index is 2.06. The van der Waals surface area contributed by atoms with E-state index in [1.165, 1.54) is 29.3 Å². The predicted octanol–water partition coefficient (Wildman–Crippen LogP) is 3.52. The Morgan fingerprint density at radius 3 is 2.94 bits per heavy atom. The minimum atomic E-state index is 0.401. The van der Waals surface area contributed by atoms with Gasteiger partial charge in [-0.2, -0.15) is 0 Å². The SMILES string of the molecule is COc1ccc(Br)c(CC2CCCC(N)C2)c1. The normalized spacial score (nSPS) is 24.6. The average molecular weight is 298 g/mol. The molecule has 0 heterocycles. The van der Waals surface area contributed by atoms with Crippen LogP contribution in [0.5, 0.6) is 5.75 Å². The number of methoxy groups -OCH3 is 1. The molecular formula is C14H20BrNO. The van der Waals surface area contributed by atoms with Gasteiger partial charge in [-0.05, 0) is 48.9 Å². The van der Waals surface area contributed by atoms with Crippen molar-refractivity contribution in [2.45, 2.75) is 38.1 Å². The summed E-state index contributed by atoms with van der Waals surface area (Å²) in [6, 6.07) is 6.58. The van der Waals surface area contributed by atoms with E-state index in [1.54, 1.807) is 7.11 Å². The van der Waals surface area contributed by atoms with E-state index in [9.17, 15) is 0 Å². The third-order valence-corrected chi connectivity index (χ3v) is 4.36. The Morgan fingerprint density at radius 1 is 1.41 bits per heavy atom. The highest BCUT2D eigenvalue weighted by atomic mass is 79.9. The van der Waals surface area contributed by atoms with Crippen LogP contribution in [0.3, 0.4) is 0 Å². The number of ether oxygens (including phenoxy) is 1. The number of rotatable bonds is 3. The molecule has 0 spiro atoms. The Labute approximate surface area is 112 Å². The van der Waals surface area contributed by atoms with Gasteiger partial charge in [0.2, 0.25) is 0 Å². The molecule has 0 aromatic heterocycles. The fraction of sp³-hybridized carbons (Fsp3) is 0.571. The summed E-state index contributed by atoms with van der Waals surface area (Å²) >= 11 is 3.61. The zero-order valence-corrected chi connectivity index (χ0v) is 11.9. The predicted molar refractivity (Wildman–Crippen MR) is 74.3 cm³/mol. The maximum absolute atomic E-state index is 6.04. The molecule has 0 aliphatic heterocycles. The van der Waals surface area contributed by atoms with Crippen LogP contribution < -0.4 is 10.5 Å². The molecule has 1 aliphatic carbocycles. The lowest BCUT2D eigenvalue weighted by Gasteiger charge is -2.27. The lowest BCUT2D eigenvalue weighted by molar-refractivity contribution is 0.320. The zero-order valence-electron chi connectivity index (χ0n) is 10.3. The van der Waals surface area contributed by atoms with Crippen molar-refractivity contribution in [3.05, 3.63) is 28.2 Å². The molecule has 1 saturated carbocycles. The van der Waals surface area contributed by atoms with Crippen LogP contribution in [0, 0.1) is 5.92 Å². The Bertz CT molecular complexity index is 380. The molecule has 0 amide bonds. The number of nitrogens with two attached hydrogens (primary N) is 1. The molecule has 2 nitrogen and oxygen atoms in total. The number of hydrogen-bond donors (Lipinski definition) is 1. The summed E-state index contributed by atoms with van der Waals surface area (Å²) in [4.78, 5) is 0. The van der Waals surface area contributed by atoms with Crippen LogP contribution in [-0.2, 0) is 6.42 Å². The zero-order chi connectivity index (χ0) is 12.3. The minimum Gasteiger partial charge on any atom is -0.497 e. The van der Waals surface area contributed by atoms with E-state index >= 15 is 0 Å². The molecule has 1 fully saturated rings. The fourth-order valence-electron chi connectivity index (χ4n) is 2.66. The van der Waals surface area contributed by atoms with E-state index in [0.717, 1.165) is 24.5 Å². The topological polar surface area (TPSA) is 35.2 Å². The van der Waals surface area contributed by atoms with Crippen LogP contribution in [0.25, 0.3) is 0 Å². The molecular weight excluding hydrogens is 278 g/mol. The summed E-state index contributed by atoms with van der Waals surface area (Å²) in [5.74, 6) is 1.66. The highest BCUT2D eigenvalue weighted by Gasteiger charge is 2.20. The van der Waals surface area contributed by atoms with Gasteiger partial charge in [0.1, 0.15) is 5.75 Å². The van der Waals surface area contributed by atoms with Gasteiger partial charge in [0.05, 0.1) is 7.11 Å². The first-order valence-corrected chi connectivity index (χ1v) is 7.06. The summed E-state index contributed by atoms with van der Waals surface area (Å²) in [7, 11) is 1.71. The Hall–Kier alpha value is -0.540. The van der Waals surface area contributed by atoms with Gasteiger partial charge in [0.15, 0.2) is 0 Å². The molecule has 2 N–H and O–H groups in total. The minimum absolute atomic E-state index is 0.401. The quantitative estimate of drug-likeness (QED) is 0.926. The van der Waals surface area contributed by atoms with Crippen LogP contribution in [0.4, 0.5) is 0 Å². The van der Waals surface area contributed by atoms with Crippen molar-refractivity contribution >= 4 is 15.9 Å². The van der Waals surface area contributed by atoms with Crippen molar-refractivity contribution in [1.82, 2.24) is 0 Å². The van der Waals surface area contributed by atoms with Crippen LogP contribution in [-0.4, -0.2) is 13.2 Å². The molecule has 1 aromatic rings. The second-order valence-corrected chi connectivity index (χ2v) is 5.81. The molecule has 0 saturated heterocycles. The number of hydrogen-bond acceptors (Lipinski definition) is 2. The monoisotopic (exact) mass is 297 g/mol. The molecule has 1 aliphatic rings. The van der Waals surface area contributed by atoms with Crippen molar-refractivity contribution in [3.63, 3.8) is 0 Å². The first kappa shape index (κ1) is 12.9. The van der Waals surface area contributed by atoms with Gasteiger partial charge in [-0.3, -0.25) is 0 Å². The van der Waals surface area contributed by atoms with E-state index in [2.05, 4.69) is 28.1 Å². The third-order valence-electron chi connectivity index (χ3n) is 3.58. The maximum Gasteiger partial charge on any atom is 0.119 e. The van der Waals surface area contributed by atoms with Crippen LogP contribution >= 0.6 is 15.9 Å². The smallest absolute Gasteiger partial charge is 0.119 e.